The van der Waals surface area contributed by atoms with Crippen molar-refractivity contribution in [3.63, 3.8) is 0 Å². The Morgan fingerprint density at radius 2 is 2.14 bits per heavy atom. The molecule has 14 heavy (non-hydrogen) atoms. The van der Waals surface area contributed by atoms with Crippen molar-refractivity contribution in [1.29, 1.82) is 0 Å². The first-order valence-corrected chi connectivity index (χ1v) is 4.06. The summed E-state index contributed by atoms with van der Waals surface area (Å²) < 4.78 is 0. The predicted octanol–water partition coefficient (Wildman–Crippen LogP) is 0.453. The number of aromatic carboxylic acids is 1. The molecule has 74 valence electrons. The van der Waals surface area contributed by atoms with E-state index < -0.39 is 21.8 Å². The van der Waals surface area contributed by atoms with Gasteiger partial charge in [0.2, 0.25) is 0 Å². The third-order valence-corrected chi connectivity index (χ3v) is 2.43. The van der Waals surface area contributed by atoms with Gasteiger partial charge in [0.05, 0.1) is 4.92 Å². The molecular formula is C6H4N2O5S. The molecule has 1 rings (SSSR count). The van der Waals surface area contributed by atoms with Crippen molar-refractivity contribution < 1.29 is 19.6 Å². The lowest BCUT2D eigenvalue weighted by atomic mass is 10.3. The van der Waals surface area contributed by atoms with E-state index in [2.05, 4.69) is 0 Å². The SMILES string of the molecule is NC(=O)c1cc(C(=O)O)sc1[N+](=O)[O-]. The third kappa shape index (κ3) is 1.69. The van der Waals surface area contributed by atoms with Gasteiger partial charge in [-0.15, -0.1) is 0 Å². The molecule has 0 saturated heterocycles. The van der Waals surface area contributed by atoms with E-state index in [-0.39, 0.29) is 10.4 Å². The molecular weight excluding hydrogens is 212 g/mol. The van der Waals surface area contributed by atoms with Crippen LogP contribution in [0, 0.1) is 10.1 Å². The molecule has 1 aromatic rings. The topological polar surface area (TPSA) is 124 Å². The summed E-state index contributed by atoms with van der Waals surface area (Å²) >= 11 is 0.405. The molecule has 1 aromatic heterocycles. The Hall–Kier alpha value is -1.96. The highest BCUT2D eigenvalue weighted by atomic mass is 32.1. The second-order valence-electron chi connectivity index (χ2n) is 2.26. The molecule has 0 bridgehead atoms. The Labute approximate surface area is 80.9 Å². The number of hydrogen-bond acceptors (Lipinski definition) is 5. The number of carbonyl (C=O) groups is 2. The van der Waals surface area contributed by atoms with Gasteiger partial charge in [-0.25, -0.2) is 4.79 Å². The molecule has 0 spiro atoms. The maximum absolute atomic E-state index is 10.7. The zero-order chi connectivity index (χ0) is 10.9. The second kappa shape index (κ2) is 3.42. The Morgan fingerprint density at radius 1 is 1.57 bits per heavy atom. The monoisotopic (exact) mass is 216 g/mol. The third-order valence-electron chi connectivity index (χ3n) is 1.35. The van der Waals surface area contributed by atoms with E-state index in [0.29, 0.717) is 11.3 Å². The van der Waals surface area contributed by atoms with Gasteiger partial charge in [0.1, 0.15) is 10.4 Å². The van der Waals surface area contributed by atoms with Crippen molar-refractivity contribution in [3.05, 3.63) is 26.6 Å². The minimum absolute atomic E-state index is 0.287. The van der Waals surface area contributed by atoms with Gasteiger partial charge in [-0.05, 0) is 6.07 Å². The summed E-state index contributed by atoms with van der Waals surface area (Å²) in [6, 6.07) is 0.896. The number of carboxylic acid groups (broad SMARTS) is 1. The number of nitrogens with zero attached hydrogens (tertiary/aromatic N) is 1. The summed E-state index contributed by atoms with van der Waals surface area (Å²) in [5.41, 5.74) is 4.46. The van der Waals surface area contributed by atoms with E-state index in [1.165, 1.54) is 0 Å². The second-order valence-corrected chi connectivity index (χ2v) is 3.29. The fourth-order valence-electron chi connectivity index (χ4n) is 0.799. The molecule has 7 nitrogen and oxygen atoms in total. The number of primary amides is 1. The first kappa shape index (κ1) is 10.1. The molecule has 0 unspecified atom stereocenters. The van der Waals surface area contributed by atoms with E-state index in [1.807, 2.05) is 0 Å². The van der Waals surface area contributed by atoms with Gasteiger partial charge < -0.3 is 10.8 Å². The normalized spacial score (nSPS) is 9.71. The number of carbonyl (C=O) groups excluding carboxylic acids is 1. The van der Waals surface area contributed by atoms with Crippen molar-refractivity contribution in [2.75, 3.05) is 0 Å². The smallest absolute Gasteiger partial charge is 0.346 e. The molecule has 0 aliphatic heterocycles. The molecule has 0 saturated carbocycles. The molecule has 0 aromatic carbocycles. The highest BCUT2D eigenvalue weighted by Gasteiger charge is 2.25. The average Bonchev–Trinajstić information content (AvgIpc) is 2.47. The van der Waals surface area contributed by atoms with Crippen molar-refractivity contribution in [2.45, 2.75) is 0 Å². The summed E-state index contributed by atoms with van der Waals surface area (Å²) in [6.07, 6.45) is 0. The van der Waals surface area contributed by atoms with Gasteiger partial charge in [-0.1, -0.05) is 11.3 Å². The van der Waals surface area contributed by atoms with E-state index >= 15 is 0 Å². The van der Waals surface area contributed by atoms with Crippen molar-refractivity contribution >= 4 is 28.2 Å². The quantitative estimate of drug-likeness (QED) is 0.560. The molecule has 0 aliphatic rings. The lowest BCUT2D eigenvalue weighted by Gasteiger charge is -1.87. The van der Waals surface area contributed by atoms with Crippen LogP contribution in [0.25, 0.3) is 0 Å². The summed E-state index contributed by atoms with van der Waals surface area (Å²) in [7, 11) is 0. The zero-order valence-electron chi connectivity index (χ0n) is 6.59. The van der Waals surface area contributed by atoms with Crippen LogP contribution in [0.1, 0.15) is 20.0 Å². The first-order chi connectivity index (χ1) is 6.43. The van der Waals surface area contributed by atoms with Gasteiger partial charge in [0.15, 0.2) is 0 Å². The van der Waals surface area contributed by atoms with Gasteiger partial charge in [0, 0.05) is 0 Å². The fraction of sp³-hybridized carbons (Fsp3) is 0. The maximum atomic E-state index is 10.7. The minimum atomic E-state index is -1.33. The van der Waals surface area contributed by atoms with Gasteiger partial charge in [-0.3, -0.25) is 14.9 Å². The van der Waals surface area contributed by atoms with Crippen LogP contribution in [0.2, 0.25) is 0 Å². The van der Waals surface area contributed by atoms with Crippen LogP contribution >= 0.6 is 11.3 Å². The van der Waals surface area contributed by atoms with Crippen LogP contribution in [0.15, 0.2) is 6.07 Å². The highest BCUT2D eigenvalue weighted by molar-refractivity contribution is 7.17. The number of rotatable bonds is 3. The Balaban J connectivity index is 3.33. The van der Waals surface area contributed by atoms with Crippen molar-refractivity contribution in [1.82, 2.24) is 0 Å². The summed E-state index contributed by atoms with van der Waals surface area (Å²) in [6.45, 7) is 0. The molecule has 0 aliphatic carbocycles. The molecule has 8 heteroatoms. The summed E-state index contributed by atoms with van der Waals surface area (Å²) in [5.74, 6) is -2.34. The first-order valence-electron chi connectivity index (χ1n) is 3.24. The summed E-state index contributed by atoms with van der Waals surface area (Å²) in [5, 5.41) is 18.4. The van der Waals surface area contributed by atoms with Crippen molar-refractivity contribution in [3.8, 4) is 0 Å². The fourth-order valence-corrected chi connectivity index (χ4v) is 1.62. The maximum Gasteiger partial charge on any atom is 0.346 e. The van der Waals surface area contributed by atoms with Crippen molar-refractivity contribution in [2.24, 2.45) is 5.73 Å². The minimum Gasteiger partial charge on any atom is -0.477 e. The van der Waals surface area contributed by atoms with Gasteiger partial charge >= 0.3 is 11.0 Å². The number of amides is 1. The number of nitro groups is 1. The molecule has 1 heterocycles. The average molecular weight is 216 g/mol. The van der Waals surface area contributed by atoms with E-state index in [9.17, 15) is 19.7 Å². The van der Waals surface area contributed by atoms with Crippen LogP contribution in [-0.4, -0.2) is 21.9 Å². The van der Waals surface area contributed by atoms with Crippen LogP contribution < -0.4 is 5.73 Å². The van der Waals surface area contributed by atoms with Crippen LogP contribution in [0.3, 0.4) is 0 Å². The summed E-state index contributed by atoms with van der Waals surface area (Å²) in [4.78, 5) is 30.4. The molecule has 3 N–H and O–H groups in total. The molecule has 0 radical (unpaired) electrons. The lowest BCUT2D eigenvalue weighted by Crippen LogP contribution is -2.11. The zero-order valence-corrected chi connectivity index (χ0v) is 7.41. The van der Waals surface area contributed by atoms with E-state index in [0.717, 1.165) is 6.07 Å². The van der Waals surface area contributed by atoms with E-state index in [1.54, 1.807) is 0 Å². The number of carboxylic acids is 1. The number of nitrogens with two attached hydrogens (primary N) is 1. The van der Waals surface area contributed by atoms with Crippen LogP contribution in [-0.2, 0) is 0 Å². The predicted molar refractivity (Wildman–Crippen MR) is 46.5 cm³/mol. The molecule has 0 fully saturated rings. The van der Waals surface area contributed by atoms with E-state index in [4.69, 9.17) is 10.8 Å². The largest absolute Gasteiger partial charge is 0.477 e. The van der Waals surface area contributed by atoms with Crippen LogP contribution in [0.4, 0.5) is 5.00 Å². The highest BCUT2D eigenvalue weighted by Crippen LogP contribution is 2.29. The van der Waals surface area contributed by atoms with Gasteiger partial charge in [-0.2, -0.15) is 0 Å². The Morgan fingerprint density at radius 3 is 2.43 bits per heavy atom. The Bertz CT molecular complexity index is 392. The lowest BCUT2D eigenvalue weighted by molar-refractivity contribution is -0.380. The standard InChI is InChI=1S/C6H4N2O5S/c7-4(9)2-1-3(6(10)11)14-5(2)8(12)13/h1H,(H2,7,9)(H,10,11). The Kier molecular flexibility index (Phi) is 2.47. The van der Waals surface area contributed by atoms with Crippen LogP contribution in [0.5, 0.6) is 0 Å². The molecule has 1 amide bonds. The molecule has 0 atom stereocenters. The number of thiophene rings is 1. The van der Waals surface area contributed by atoms with Gasteiger partial charge in [0.25, 0.3) is 5.91 Å². The number of hydrogen-bond donors (Lipinski definition) is 2.